The average molecular weight is 387 g/mol. The fourth-order valence-corrected chi connectivity index (χ4v) is 8.25. The smallest absolute Gasteiger partial charge is 0.180 e. The predicted molar refractivity (Wildman–Crippen MR) is 107 cm³/mol. The first-order chi connectivity index (χ1) is 12.8. The topological polar surface area (TPSA) is 76.2 Å². The molecule has 1 heterocycles. The van der Waals surface area contributed by atoms with E-state index in [-0.39, 0.29) is 22.7 Å². The number of aliphatic hydroxyl groups excluding tert-OH is 1. The zero-order valence-corrected chi connectivity index (χ0v) is 17.1. The zero-order valence-electron chi connectivity index (χ0n) is 16.3. The van der Waals surface area contributed by atoms with Crippen molar-refractivity contribution < 1.29 is 9.90 Å². The molecular formula is C22H30N2O2S. The number of nitrogen functional groups attached to an aromatic ring is 1. The van der Waals surface area contributed by atoms with Crippen LogP contribution in [-0.4, -0.2) is 22.0 Å². The number of ketones is 1. The van der Waals surface area contributed by atoms with E-state index in [2.05, 4.69) is 24.2 Å². The summed E-state index contributed by atoms with van der Waals surface area (Å²) >= 11 is 1.53. The number of nitrogens with zero attached hydrogens (tertiary/aromatic N) is 1. The molecule has 3 saturated carbocycles. The molecule has 3 N–H and O–H groups in total. The summed E-state index contributed by atoms with van der Waals surface area (Å²) in [6.07, 6.45) is 8.52. The number of hydrogen-bond acceptors (Lipinski definition) is 5. The maximum absolute atomic E-state index is 12.0. The molecule has 5 heteroatoms. The number of rotatable bonds is 1. The number of anilines is 1. The van der Waals surface area contributed by atoms with E-state index in [1.807, 2.05) is 6.08 Å². The van der Waals surface area contributed by atoms with Gasteiger partial charge in [-0.2, -0.15) is 0 Å². The minimum absolute atomic E-state index is 0.000713. The summed E-state index contributed by atoms with van der Waals surface area (Å²) in [5.74, 6) is 2.16. The first kappa shape index (κ1) is 17.9. The summed E-state index contributed by atoms with van der Waals surface area (Å²) in [4.78, 5) is 16.6. The molecule has 0 spiro atoms. The first-order valence-corrected chi connectivity index (χ1v) is 11.3. The van der Waals surface area contributed by atoms with E-state index in [0.717, 1.165) is 37.8 Å². The molecule has 3 fully saturated rings. The summed E-state index contributed by atoms with van der Waals surface area (Å²) in [5.41, 5.74) is 8.47. The molecule has 0 radical (unpaired) electrons. The Hall–Kier alpha value is -1.20. The molecule has 0 bridgehead atoms. The largest absolute Gasteiger partial charge is 0.393 e. The Morgan fingerprint density at radius 3 is 2.81 bits per heavy atom. The average Bonchev–Trinajstić information content (AvgIpc) is 3.17. The highest BCUT2D eigenvalue weighted by molar-refractivity contribution is 7.13. The molecule has 1 aromatic rings. The standard InChI is InChI=1S/C22H30N2O2S/c1-21-8-7-13(25)9-12(21)3-4-14-15-5-6-16(17-11-27-20(23)24-17)22(15,2)10-18(26)19(14)21/h9,11,14-16,18-19,26H,3-8,10H2,1-2H3,(H2,23,24)/t14-,15-,16+,18+,19+,21-,22-/m1/s1. The van der Waals surface area contributed by atoms with Crippen molar-refractivity contribution in [3.63, 3.8) is 0 Å². The third-order valence-electron chi connectivity index (χ3n) is 8.79. The number of aromatic nitrogens is 1. The van der Waals surface area contributed by atoms with E-state index in [1.54, 1.807) is 0 Å². The van der Waals surface area contributed by atoms with Gasteiger partial charge in [0.2, 0.25) is 0 Å². The Morgan fingerprint density at radius 2 is 2.07 bits per heavy atom. The van der Waals surface area contributed by atoms with Gasteiger partial charge < -0.3 is 10.8 Å². The Bertz CT molecular complexity index is 817. The summed E-state index contributed by atoms with van der Waals surface area (Å²) in [7, 11) is 0. The van der Waals surface area contributed by atoms with Gasteiger partial charge in [-0.05, 0) is 73.2 Å². The van der Waals surface area contributed by atoms with E-state index in [9.17, 15) is 9.90 Å². The van der Waals surface area contributed by atoms with Gasteiger partial charge in [-0.15, -0.1) is 11.3 Å². The van der Waals surface area contributed by atoms with Crippen LogP contribution in [-0.2, 0) is 4.79 Å². The Labute approximate surface area is 165 Å². The maximum atomic E-state index is 12.0. The maximum Gasteiger partial charge on any atom is 0.180 e. The van der Waals surface area contributed by atoms with Crippen molar-refractivity contribution >= 4 is 22.3 Å². The second-order valence-corrected chi connectivity index (χ2v) is 10.8. The molecule has 4 nitrogen and oxygen atoms in total. The van der Waals surface area contributed by atoms with Crippen molar-refractivity contribution in [1.29, 1.82) is 0 Å². The predicted octanol–water partition coefficient (Wildman–Crippen LogP) is 4.31. The van der Waals surface area contributed by atoms with Crippen LogP contribution in [0, 0.1) is 28.6 Å². The van der Waals surface area contributed by atoms with Crippen molar-refractivity contribution in [2.24, 2.45) is 28.6 Å². The van der Waals surface area contributed by atoms with Gasteiger partial charge in [-0.25, -0.2) is 4.98 Å². The molecule has 5 rings (SSSR count). The fourth-order valence-electron chi connectivity index (χ4n) is 7.63. The van der Waals surface area contributed by atoms with Crippen LogP contribution in [0.15, 0.2) is 17.0 Å². The molecule has 0 unspecified atom stereocenters. The lowest BCUT2D eigenvalue weighted by Gasteiger charge is -2.59. The number of thiazole rings is 1. The molecule has 7 atom stereocenters. The second kappa shape index (κ2) is 5.90. The Kier molecular flexibility index (Phi) is 3.90. The van der Waals surface area contributed by atoms with E-state index >= 15 is 0 Å². The van der Waals surface area contributed by atoms with Gasteiger partial charge in [0.05, 0.1) is 11.8 Å². The van der Waals surface area contributed by atoms with Gasteiger partial charge in [0, 0.05) is 17.7 Å². The highest BCUT2D eigenvalue weighted by Crippen LogP contribution is 2.68. The summed E-state index contributed by atoms with van der Waals surface area (Å²) in [6, 6.07) is 0. The fraction of sp³-hybridized carbons (Fsp3) is 0.727. The van der Waals surface area contributed by atoms with Crippen LogP contribution in [0.4, 0.5) is 5.13 Å². The van der Waals surface area contributed by atoms with Crippen molar-refractivity contribution in [2.45, 2.75) is 70.8 Å². The van der Waals surface area contributed by atoms with E-state index in [0.29, 0.717) is 35.2 Å². The minimum atomic E-state index is -0.297. The van der Waals surface area contributed by atoms with Crippen LogP contribution in [0.2, 0.25) is 0 Å². The monoisotopic (exact) mass is 386 g/mol. The molecule has 27 heavy (non-hydrogen) atoms. The molecular weight excluding hydrogens is 356 g/mol. The number of carbonyl (C=O) groups is 1. The van der Waals surface area contributed by atoms with Crippen LogP contribution in [0.5, 0.6) is 0 Å². The number of aliphatic hydroxyl groups is 1. The molecule has 146 valence electrons. The second-order valence-electron chi connectivity index (χ2n) is 9.91. The highest BCUT2D eigenvalue weighted by atomic mass is 32.1. The Balaban J connectivity index is 1.51. The number of carbonyl (C=O) groups excluding carboxylic acids is 1. The molecule has 0 aromatic carbocycles. The normalized spacial score (nSPS) is 46.4. The lowest BCUT2D eigenvalue weighted by atomic mass is 9.46. The Morgan fingerprint density at radius 1 is 1.26 bits per heavy atom. The van der Waals surface area contributed by atoms with Gasteiger partial charge in [0.1, 0.15) is 0 Å². The van der Waals surface area contributed by atoms with E-state index in [4.69, 9.17) is 5.73 Å². The summed E-state index contributed by atoms with van der Waals surface area (Å²) in [6.45, 7) is 4.71. The lowest BCUT2D eigenvalue weighted by Crippen LogP contribution is -2.56. The SMILES string of the molecule is C[C@@]12C[C@H](O)[C@@H]3[C@H](CCC4=CC(=O)CC[C@]43C)[C@H]1CC[C@H]2c1csc(N)n1. The van der Waals surface area contributed by atoms with Crippen LogP contribution < -0.4 is 5.73 Å². The van der Waals surface area contributed by atoms with Crippen molar-refractivity contribution in [3.8, 4) is 0 Å². The van der Waals surface area contributed by atoms with E-state index < -0.39 is 0 Å². The van der Waals surface area contributed by atoms with Crippen molar-refractivity contribution in [1.82, 2.24) is 4.98 Å². The van der Waals surface area contributed by atoms with Crippen molar-refractivity contribution in [2.75, 3.05) is 5.73 Å². The highest BCUT2D eigenvalue weighted by Gasteiger charge is 2.62. The van der Waals surface area contributed by atoms with Gasteiger partial charge in [-0.1, -0.05) is 19.4 Å². The molecule has 0 aliphatic heterocycles. The van der Waals surface area contributed by atoms with Crippen LogP contribution in [0.3, 0.4) is 0 Å². The summed E-state index contributed by atoms with van der Waals surface area (Å²) < 4.78 is 0. The minimum Gasteiger partial charge on any atom is -0.393 e. The number of fused-ring (bicyclic) bond motifs is 5. The number of allylic oxidation sites excluding steroid dienone is 1. The van der Waals surface area contributed by atoms with Gasteiger partial charge in [-0.3, -0.25) is 4.79 Å². The van der Waals surface area contributed by atoms with Crippen LogP contribution >= 0.6 is 11.3 Å². The van der Waals surface area contributed by atoms with Gasteiger partial charge >= 0.3 is 0 Å². The zero-order chi connectivity index (χ0) is 19.0. The number of hydrogen-bond donors (Lipinski definition) is 2. The molecule has 1 aromatic heterocycles. The van der Waals surface area contributed by atoms with Crippen molar-refractivity contribution in [3.05, 3.63) is 22.7 Å². The van der Waals surface area contributed by atoms with Crippen LogP contribution in [0.25, 0.3) is 0 Å². The summed E-state index contributed by atoms with van der Waals surface area (Å²) in [5, 5.41) is 14.2. The first-order valence-electron chi connectivity index (χ1n) is 10.5. The molecule has 4 aliphatic rings. The third-order valence-corrected chi connectivity index (χ3v) is 9.48. The third kappa shape index (κ3) is 2.43. The molecule has 0 saturated heterocycles. The lowest BCUT2D eigenvalue weighted by molar-refractivity contribution is -0.129. The molecule has 4 aliphatic carbocycles. The number of nitrogens with two attached hydrogens (primary N) is 1. The molecule has 0 amide bonds. The van der Waals surface area contributed by atoms with Crippen LogP contribution in [0.1, 0.15) is 70.4 Å². The van der Waals surface area contributed by atoms with Gasteiger partial charge in [0.25, 0.3) is 0 Å². The quantitative estimate of drug-likeness (QED) is 0.754. The van der Waals surface area contributed by atoms with E-state index in [1.165, 1.54) is 23.3 Å². The van der Waals surface area contributed by atoms with Gasteiger partial charge in [0.15, 0.2) is 10.9 Å².